The minimum Gasteiger partial charge on any atom is -0.477 e. The van der Waals surface area contributed by atoms with Crippen molar-refractivity contribution in [1.82, 2.24) is 24.4 Å². The minimum absolute atomic E-state index is 0.0109. The first-order valence-electron chi connectivity index (χ1n) is 12.4. The van der Waals surface area contributed by atoms with Gasteiger partial charge in [-0.2, -0.15) is 5.10 Å². The fourth-order valence-corrected chi connectivity index (χ4v) is 4.89. The standard InChI is InChI=1S/C27H30N6O3/c1-17(2)33(26(34)20-8-6-18(3)7-9-20)25-22(27(35)36)15-31(30-25)21-12-10-19(11-13-21)23-16-32-24(29-23)5-4-14-28-32/h4-5,10-18,20H,6-9H2,1-3H3,(H,35,36)/t18-,20-. The van der Waals surface area contributed by atoms with Crippen LogP contribution in [0.3, 0.4) is 0 Å². The zero-order valence-electron chi connectivity index (χ0n) is 20.7. The zero-order valence-corrected chi connectivity index (χ0v) is 20.7. The number of benzene rings is 1. The van der Waals surface area contributed by atoms with Gasteiger partial charge in [-0.25, -0.2) is 19.0 Å². The third-order valence-electron chi connectivity index (χ3n) is 6.94. The van der Waals surface area contributed by atoms with Crippen LogP contribution in [-0.4, -0.2) is 47.4 Å². The molecule has 1 N–H and O–H groups in total. The van der Waals surface area contributed by atoms with Crippen molar-refractivity contribution in [3.63, 3.8) is 0 Å². The molecule has 5 rings (SSSR count). The van der Waals surface area contributed by atoms with Gasteiger partial charge in [0.2, 0.25) is 5.91 Å². The largest absolute Gasteiger partial charge is 0.477 e. The highest BCUT2D eigenvalue weighted by Gasteiger charge is 2.34. The highest BCUT2D eigenvalue weighted by atomic mass is 16.4. The van der Waals surface area contributed by atoms with Gasteiger partial charge in [0, 0.05) is 29.9 Å². The molecule has 3 aromatic heterocycles. The Morgan fingerprint density at radius 3 is 2.42 bits per heavy atom. The van der Waals surface area contributed by atoms with Gasteiger partial charge >= 0.3 is 5.97 Å². The van der Waals surface area contributed by atoms with Gasteiger partial charge in [0.1, 0.15) is 5.56 Å². The maximum absolute atomic E-state index is 13.5. The van der Waals surface area contributed by atoms with E-state index in [1.807, 2.05) is 56.4 Å². The molecule has 1 aliphatic rings. The van der Waals surface area contributed by atoms with Gasteiger partial charge in [-0.15, -0.1) is 5.10 Å². The van der Waals surface area contributed by atoms with E-state index in [2.05, 4.69) is 22.1 Å². The number of fused-ring (bicyclic) bond motifs is 1. The lowest BCUT2D eigenvalue weighted by Gasteiger charge is -2.32. The van der Waals surface area contributed by atoms with Crippen LogP contribution < -0.4 is 4.90 Å². The number of imidazole rings is 1. The molecule has 0 aliphatic heterocycles. The van der Waals surface area contributed by atoms with E-state index in [1.165, 1.54) is 10.9 Å². The molecule has 4 aromatic rings. The van der Waals surface area contributed by atoms with Gasteiger partial charge in [-0.05, 0) is 69.7 Å². The third-order valence-corrected chi connectivity index (χ3v) is 6.94. The monoisotopic (exact) mass is 486 g/mol. The fraction of sp³-hybridized carbons (Fsp3) is 0.370. The summed E-state index contributed by atoms with van der Waals surface area (Å²) >= 11 is 0. The van der Waals surface area contributed by atoms with Gasteiger partial charge < -0.3 is 5.11 Å². The summed E-state index contributed by atoms with van der Waals surface area (Å²) in [5.74, 6) is -0.442. The maximum atomic E-state index is 13.5. The van der Waals surface area contributed by atoms with E-state index < -0.39 is 5.97 Å². The van der Waals surface area contributed by atoms with Crippen molar-refractivity contribution in [3.8, 4) is 16.9 Å². The summed E-state index contributed by atoms with van der Waals surface area (Å²) in [5, 5.41) is 18.8. The van der Waals surface area contributed by atoms with Crippen molar-refractivity contribution in [2.75, 3.05) is 4.90 Å². The highest BCUT2D eigenvalue weighted by Crippen LogP contribution is 2.33. The van der Waals surface area contributed by atoms with Crippen LogP contribution in [0.1, 0.15) is 56.8 Å². The lowest BCUT2D eigenvalue weighted by atomic mass is 9.82. The predicted octanol–water partition coefficient (Wildman–Crippen LogP) is 4.85. The topological polar surface area (TPSA) is 106 Å². The van der Waals surface area contributed by atoms with Crippen LogP contribution in [0.2, 0.25) is 0 Å². The van der Waals surface area contributed by atoms with Crippen molar-refractivity contribution in [3.05, 3.63) is 60.6 Å². The van der Waals surface area contributed by atoms with Crippen LogP contribution in [-0.2, 0) is 4.79 Å². The number of nitrogens with zero attached hydrogens (tertiary/aromatic N) is 6. The molecule has 1 fully saturated rings. The molecule has 0 unspecified atom stereocenters. The Morgan fingerprint density at radius 1 is 1.06 bits per heavy atom. The first-order chi connectivity index (χ1) is 17.3. The number of hydrogen-bond donors (Lipinski definition) is 1. The minimum atomic E-state index is -1.11. The normalized spacial score (nSPS) is 18.0. The lowest BCUT2D eigenvalue weighted by Crippen LogP contribution is -2.43. The van der Waals surface area contributed by atoms with Crippen LogP contribution in [0.25, 0.3) is 22.6 Å². The molecule has 0 atom stereocenters. The Labute approximate surface area is 209 Å². The molecular weight excluding hydrogens is 456 g/mol. The zero-order chi connectivity index (χ0) is 25.4. The van der Waals surface area contributed by atoms with Crippen molar-refractivity contribution >= 4 is 23.3 Å². The molecule has 9 nitrogen and oxygen atoms in total. The van der Waals surface area contributed by atoms with Crippen LogP contribution in [0.15, 0.2) is 55.0 Å². The van der Waals surface area contributed by atoms with Crippen molar-refractivity contribution in [2.24, 2.45) is 11.8 Å². The third kappa shape index (κ3) is 4.48. The summed E-state index contributed by atoms with van der Waals surface area (Å²) in [6, 6.07) is 11.0. The molecule has 186 valence electrons. The summed E-state index contributed by atoms with van der Waals surface area (Å²) in [5.41, 5.74) is 3.14. The molecule has 0 spiro atoms. The van der Waals surface area contributed by atoms with Crippen molar-refractivity contribution in [2.45, 2.75) is 52.5 Å². The van der Waals surface area contributed by atoms with Crippen molar-refractivity contribution in [1.29, 1.82) is 0 Å². The summed E-state index contributed by atoms with van der Waals surface area (Å²) in [6.07, 6.45) is 8.72. The molecule has 0 radical (unpaired) electrons. The number of carboxylic acids is 1. The Balaban J connectivity index is 1.46. The average molecular weight is 487 g/mol. The Morgan fingerprint density at radius 2 is 1.78 bits per heavy atom. The van der Waals surface area contributed by atoms with E-state index in [4.69, 9.17) is 0 Å². The second-order valence-electron chi connectivity index (χ2n) is 9.87. The van der Waals surface area contributed by atoms with Crippen molar-refractivity contribution < 1.29 is 14.7 Å². The number of aromatic carboxylic acids is 1. The summed E-state index contributed by atoms with van der Waals surface area (Å²) < 4.78 is 3.24. The van der Waals surface area contributed by atoms with Gasteiger partial charge in [-0.3, -0.25) is 9.69 Å². The maximum Gasteiger partial charge on any atom is 0.341 e. The molecule has 1 saturated carbocycles. The van der Waals surface area contributed by atoms with E-state index in [0.29, 0.717) is 11.6 Å². The first-order valence-corrected chi connectivity index (χ1v) is 12.4. The number of aromatic nitrogens is 5. The fourth-order valence-electron chi connectivity index (χ4n) is 4.89. The number of amides is 1. The lowest BCUT2D eigenvalue weighted by molar-refractivity contribution is -0.124. The van der Waals surface area contributed by atoms with Gasteiger partial charge in [0.15, 0.2) is 11.5 Å². The van der Waals surface area contributed by atoms with Crippen LogP contribution in [0, 0.1) is 11.8 Å². The Hall–Kier alpha value is -4.01. The number of hydrogen-bond acceptors (Lipinski definition) is 5. The Bertz CT molecular complexity index is 1360. The van der Waals surface area contributed by atoms with Crippen LogP contribution >= 0.6 is 0 Å². The number of carbonyl (C=O) groups excluding carboxylic acids is 1. The smallest absolute Gasteiger partial charge is 0.341 e. The van der Waals surface area contributed by atoms with E-state index in [9.17, 15) is 14.7 Å². The van der Waals surface area contributed by atoms with E-state index >= 15 is 0 Å². The van der Waals surface area contributed by atoms with Gasteiger partial charge in [0.05, 0.1) is 17.6 Å². The number of carboxylic acid groups (broad SMARTS) is 1. The van der Waals surface area contributed by atoms with E-state index in [-0.39, 0.29) is 29.2 Å². The first kappa shape index (κ1) is 23.7. The van der Waals surface area contributed by atoms with Gasteiger partial charge in [0.25, 0.3) is 0 Å². The predicted molar refractivity (Wildman–Crippen MR) is 136 cm³/mol. The molecule has 9 heteroatoms. The van der Waals surface area contributed by atoms with Crippen LogP contribution in [0.4, 0.5) is 5.82 Å². The summed E-state index contributed by atoms with van der Waals surface area (Å²) in [6.45, 7) is 6.00. The summed E-state index contributed by atoms with van der Waals surface area (Å²) in [4.78, 5) is 31.8. The second kappa shape index (κ2) is 9.56. The number of rotatable bonds is 6. The molecule has 3 heterocycles. The molecule has 0 saturated heterocycles. The summed E-state index contributed by atoms with van der Waals surface area (Å²) in [7, 11) is 0. The highest BCUT2D eigenvalue weighted by molar-refractivity contribution is 6.01. The number of anilines is 1. The van der Waals surface area contributed by atoms with Crippen LogP contribution in [0.5, 0.6) is 0 Å². The molecule has 36 heavy (non-hydrogen) atoms. The Kier molecular flexibility index (Phi) is 6.30. The average Bonchev–Trinajstić information content (AvgIpc) is 3.49. The second-order valence-corrected chi connectivity index (χ2v) is 9.87. The molecule has 0 bridgehead atoms. The molecule has 1 aliphatic carbocycles. The molecule has 1 aromatic carbocycles. The van der Waals surface area contributed by atoms with E-state index in [0.717, 1.165) is 42.6 Å². The van der Waals surface area contributed by atoms with Gasteiger partial charge in [-0.1, -0.05) is 19.1 Å². The molecule has 1 amide bonds. The quantitative estimate of drug-likeness (QED) is 0.418. The SMILES string of the molecule is CC(C)N(c1nn(-c2ccc(-c3cn4ncccc4n3)cc2)cc1C(=O)O)C(=O)[C@H]1CC[C@H](C)CC1. The van der Waals surface area contributed by atoms with E-state index in [1.54, 1.807) is 15.6 Å². The number of carbonyl (C=O) groups is 2. The molecular formula is C27H30N6O3.